The molecule has 1 aliphatic rings. The Morgan fingerprint density at radius 3 is 2.83 bits per heavy atom. The number of halogens is 1. The Bertz CT molecular complexity index is 770. The molecule has 0 aliphatic heterocycles. The molecule has 6 nitrogen and oxygen atoms in total. The molecule has 1 aromatic carbocycles. The highest BCUT2D eigenvalue weighted by atomic mass is 79.9. The predicted octanol–water partition coefficient (Wildman–Crippen LogP) is 2.33. The summed E-state index contributed by atoms with van der Waals surface area (Å²) in [5.74, 6) is -1.50. The van der Waals surface area contributed by atoms with Crippen LogP contribution in [0.15, 0.2) is 28.7 Å². The Labute approximate surface area is 141 Å². The van der Waals surface area contributed by atoms with E-state index in [-0.39, 0.29) is 0 Å². The first-order valence-corrected chi connectivity index (χ1v) is 8.22. The van der Waals surface area contributed by atoms with Gasteiger partial charge in [0.05, 0.1) is 5.69 Å². The summed E-state index contributed by atoms with van der Waals surface area (Å²) >= 11 is 3.45. The van der Waals surface area contributed by atoms with Crippen molar-refractivity contribution in [3.05, 3.63) is 45.7 Å². The summed E-state index contributed by atoms with van der Waals surface area (Å²) in [7, 11) is 0. The Kier molecular flexibility index (Phi) is 4.47. The highest BCUT2D eigenvalue weighted by Gasteiger charge is 2.25. The SMILES string of the molecule is O=C(O)CNC(=O)c1nn(-c2cccc(Br)c2)c2c1CCCC2. The van der Waals surface area contributed by atoms with Crippen LogP contribution in [0.2, 0.25) is 0 Å². The maximum absolute atomic E-state index is 12.3. The molecular formula is C16H16BrN3O3. The Morgan fingerprint density at radius 1 is 1.30 bits per heavy atom. The normalized spacial score (nSPS) is 13.4. The number of aliphatic carboxylic acids is 1. The lowest BCUT2D eigenvalue weighted by molar-refractivity contribution is -0.135. The Hall–Kier alpha value is -2.15. The van der Waals surface area contributed by atoms with Gasteiger partial charge in [-0.05, 0) is 43.9 Å². The molecular weight excluding hydrogens is 362 g/mol. The number of benzene rings is 1. The molecule has 1 aliphatic carbocycles. The van der Waals surface area contributed by atoms with Gasteiger partial charge in [0.25, 0.3) is 5.91 Å². The molecule has 0 spiro atoms. The molecule has 2 N–H and O–H groups in total. The molecule has 3 rings (SSSR count). The van der Waals surface area contributed by atoms with Crippen molar-refractivity contribution in [3.63, 3.8) is 0 Å². The number of aromatic nitrogens is 2. The van der Waals surface area contributed by atoms with Crippen LogP contribution in [0.3, 0.4) is 0 Å². The van der Waals surface area contributed by atoms with Crippen LogP contribution in [0.1, 0.15) is 34.6 Å². The van der Waals surface area contributed by atoms with E-state index in [0.717, 1.165) is 47.1 Å². The van der Waals surface area contributed by atoms with E-state index in [2.05, 4.69) is 26.3 Å². The van der Waals surface area contributed by atoms with Crippen molar-refractivity contribution in [2.45, 2.75) is 25.7 Å². The van der Waals surface area contributed by atoms with E-state index >= 15 is 0 Å². The average molecular weight is 378 g/mol. The quantitative estimate of drug-likeness (QED) is 0.856. The van der Waals surface area contributed by atoms with Gasteiger partial charge in [0.15, 0.2) is 5.69 Å². The van der Waals surface area contributed by atoms with Crippen LogP contribution < -0.4 is 5.32 Å². The van der Waals surface area contributed by atoms with Crippen LogP contribution in [-0.2, 0) is 17.6 Å². The smallest absolute Gasteiger partial charge is 0.322 e. The van der Waals surface area contributed by atoms with Crippen LogP contribution >= 0.6 is 15.9 Å². The molecule has 0 fully saturated rings. The fourth-order valence-corrected chi connectivity index (χ4v) is 3.23. The third-order valence-electron chi connectivity index (χ3n) is 3.85. The minimum Gasteiger partial charge on any atom is -0.480 e. The first kappa shape index (κ1) is 15.7. The second kappa shape index (κ2) is 6.54. The van der Waals surface area contributed by atoms with Crippen LogP contribution in [0, 0.1) is 0 Å². The molecule has 1 amide bonds. The molecule has 1 aromatic heterocycles. The van der Waals surface area contributed by atoms with Crippen molar-refractivity contribution in [1.82, 2.24) is 15.1 Å². The van der Waals surface area contributed by atoms with Crippen LogP contribution in [0.5, 0.6) is 0 Å². The van der Waals surface area contributed by atoms with Crippen molar-refractivity contribution in [1.29, 1.82) is 0 Å². The lowest BCUT2D eigenvalue weighted by atomic mass is 9.95. The summed E-state index contributed by atoms with van der Waals surface area (Å²) in [6, 6.07) is 7.73. The highest BCUT2D eigenvalue weighted by molar-refractivity contribution is 9.10. The van der Waals surface area contributed by atoms with Gasteiger partial charge < -0.3 is 10.4 Å². The van der Waals surface area contributed by atoms with Crippen molar-refractivity contribution in [3.8, 4) is 5.69 Å². The van der Waals surface area contributed by atoms with E-state index in [1.807, 2.05) is 24.3 Å². The zero-order valence-electron chi connectivity index (χ0n) is 12.4. The molecule has 23 heavy (non-hydrogen) atoms. The zero-order chi connectivity index (χ0) is 16.4. The summed E-state index contributed by atoms with van der Waals surface area (Å²) < 4.78 is 2.74. The topological polar surface area (TPSA) is 84.2 Å². The summed E-state index contributed by atoms with van der Waals surface area (Å²) in [6.45, 7) is -0.405. The fourth-order valence-electron chi connectivity index (χ4n) is 2.84. The number of carbonyl (C=O) groups excluding carboxylic acids is 1. The first-order chi connectivity index (χ1) is 11.1. The van der Waals surface area contributed by atoms with Crippen molar-refractivity contribution >= 4 is 27.8 Å². The number of carboxylic acids is 1. The van der Waals surface area contributed by atoms with Gasteiger partial charge in [0, 0.05) is 15.7 Å². The third-order valence-corrected chi connectivity index (χ3v) is 4.34. The highest BCUT2D eigenvalue weighted by Crippen LogP contribution is 2.27. The second-order valence-electron chi connectivity index (χ2n) is 5.45. The maximum Gasteiger partial charge on any atom is 0.322 e. The molecule has 0 radical (unpaired) electrons. The molecule has 0 unspecified atom stereocenters. The number of carboxylic acid groups (broad SMARTS) is 1. The number of nitrogens with zero attached hydrogens (tertiary/aromatic N) is 2. The minimum absolute atomic E-state index is 0.334. The molecule has 0 bridgehead atoms. The van der Waals surface area contributed by atoms with Gasteiger partial charge in [-0.3, -0.25) is 9.59 Å². The predicted molar refractivity (Wildman–Crippen MR) is 87.9 cm³/mol. The summed E-state index contributed by atoms with van der Waals surface area (Å²) in [6.07, 6.45) is 3.72. The summed E-state index contributed by atoms with van der Waals surface area (Å²) in [4.78, 5) is 22.9. The fraction of sp³-hybridized carbons (Fsp3) is 0.312. The van der Waals surface area contributed by atoms with Gasteiger partial charge in [-0.1, -0.05) is 22.0 Å². The standard InChI is InChI=1S/C16H16BrN3O3/c17-10-4-3-5-11(8-10)20-13-7-2-1-6-12(13)15(19-20)16(23)18-9-14(21)22/h3-5,8H,1-2,6-7,9H2,(H,18,23)(H,21,22). The second-order valence-corrected chi connectivity index (χ2v) is 6.36. The van der Waals surface area contributed by atoms with Gasteiger partial charge in [-0.25, -0.2) is 4.68 Å². The molecule has 0 saturated carbocycles. The van der Waals surface area contributed by atoms with Crippen molar-refractivity contribution in [2.75, 3.05) is 6.54 Å². The van der Waals surface area contributed by atoms with Crippen molar-refractivity contribution < 1.29 is 14.7 Å². The summed E-state index contributed by atoms with van der Waals surface area (Å²) in [5.41, 5.74) is 3.18. The lowest BCUT2D eigenvalue weighted by Gasteiger charge is -2.14. The van der Waals surface area contributed by atoms with E-state index in [0.29, 0.717) is 5.69 Å². The van der Waals surface area contributed by atoms with Crippen LogP contribution in [0.4, 0.5) is 0 Å². The molecule has 0 atom stereocenters. The van der Waals surface area contributed by atoms with Gasteiger partial charge in [0.1, 0.15) is 6.54 Å². The van der Waals surface area contributed by atoms with E-state index in [4.69, 9.17) is 5.11 Å². The Morgan fingerprint density at radius 2 is 2.09 bits per heavy atom. The van der Waals surface area contributed by atoms with Gasteiger partial charge in [0.2, 0.25) is 0 Å². The molecule has 0 saturated heterocycles. The number of carbonyl (C=O) groups is 2. The average Bonchev–Trinajstić information content (AvgIpc) is 2.92. The monoisotopic (exact) mass is 377 g/mol. The lowest BCUT2D eigenvalue weighted by Crippen LogP contribution is -2.30. The number of fused-ring (bicyclic) bond motifs is 1. The van der Waals surface area contributed by atoms with Crippen molar-refractivity contribution in [2.24, 2.45) is 0 Å². The van der Waals surface area contributed by atoms with E-state index < -0.39 is 18.4 Å². The number of hydrogen-bond acceptors (Lipinski definition) is 3. The van der Waals surface area contributed by atoms with Gasteiger partial charge >= 0.3 is 5.97 Å². The van der Waals surface area contributed by atoms with E-state index in [9.17, 15) is 9.59 Å². The molecule has 7 heteroatoms. The molecule has 1 heterocycles. The number of rotatable bonds is 4. The van der Waals surface area contributed by atoms with Crippen LogP contribution in [-0.4, -0.2) is 33.3 Å². The molecule has 120 valence electrons. The number of nitrogens with one attached hydrogen (secondary N) is 1. The van der Waals surface area contributed by atoms with E-state index in [1.165, 1.54) is 0 Å². The van der Waals surface area contributed by atoms with E-state index in [1.54, 1.807) is 4.68 Å². The van der Waals surface area contributed by atoms with Gasteiger partial charge in [-0.15, -0.1) is 0 Å². The third kappa shape index (κ3) is 3.29. The minimum atomic E-state index is -1.07. The zero-order valence-corrected chi connectivity index (χ0v) is 14.0. The summed E-state index contributed by atoms with van der Waals surface area (Å²) in [5, 5.41) is 15.6. The largest absolute Gasteiger partial charge is 0.480 e. The number of amides is 1. The Balaban J connectivity index is 2.01. The molecule has 2 aromatic rings. The van der Waals surface area contributed by atoms with Gasteiger partial charge in [-0.2, -0.15) is 5.10 Å². The maximum atomic E-state index is 12.3. The number of hydrogen-bond donors (Lipinski definition) is 2. The van der Waals surface area contributed by atoms with Crippen LogP contribution in [0.25, 0.3) is 5.69 Å². The first-order valence-electron chi connectivity index (χ1n) is 7.43.